The number of thiophene rings is 1. The molecule has 16 heavy (non-hydrogen) atoms. The SMILES string of the molecule is COC(=O)c1nc(-c2ccc(C)s2)sc1C. The Morgan fingerprint density at radius 2 is 2.06 bits per heavy atom. The van der Waals surface area contributed by atoms with Crippen molar-refractivity contribution >= 4 is 28.6 Å². The monoisotopic (exact) mass is 253 g/mol. The van der Waals surface area contributed by atoms with Crippen molar-refractivity contribution < 1.29 is 9.53 Å². The lowest BCUT2D eigenvalue weighted by Gasteiger charge is -1.93. The first kappa shape index (κ1) is 11.3. The van der Waals surface area contributed by atoms with Gasteiger partial charge in [0.1, 0.15) is 5.01 Å². The van der Waals surface area contributed by atoms with E-state index in [1.807, 2.05) is 13.0 Å². The molecule has 0 aromatic carbocycles. The molecule has 0 aliphatic heterocycles. The van der Waals surface area contributed by atoms with Crippen molar-refractivity contribution in [1.82, 2.24) is 4.98 Å². The highest BCUT2D eigenvalue weighted by Crippen LogP contribution is 2.32. The van der Waals surface area contributed by atoms with Gasteiger partial charge in [-0.05, 0) is 26.0 Å². The number of carbonyl (C=O) groups is 1. The Labute approximate surface area is 102 Å². The molecule has 0 unspecified atom stereocenters. The van der Waals surface area contributed by atoms with Gasteiger partial charge in [0, 0.05) is 9.75 Å². The molecule has 0 atom stereocenters. The summed E-state index contributed by atoms with van der Waals surface area (Å²) in [7, 11) is 1.37. The van der Waals surface area contributed by atoms with E-state index in [4.69, 9.17) is 0 Å². The predicted molar refractivity (Wildman–Crippen MR) is 66.2 cm³/mol. The van der Waals surface area contributed by atoms with Crippen LogP contribution < -0.4 is 0 Å². The number of methoxy groups -OCH3 is 1. The normalized spacial score (nSPS) is 10.4. The van der Waals surface area contributed by atoms with Crippen molar-refractivity contribution in [3.8, 4) is 9.88 Å². The third-order valence-electron chi connectivity index (χ3n) is 2.13. The smallest absolute Gasteiger partial charge is 0.357 e. The summed E-state index contributed by atoms with van der Waals surface area (Å²) in [5, 5.41) is 0.885. The van der Waals surface area contributed by atoms with Crippen LogP contribution in [0.4, 0.5) is 0 Å². The molecule has 0 saturated heterocycles. The number of carbonyl (C=O) groups excluding carboxylic acids is 1. The van der Waals surface area contributed by atoms with Gasteiger partial charge in [-0.25, -0.2) is 9.78 Å². The second kappa shape index (κ2) is 4.35. The second-order valence-electron chi connectivity index (χ2n) is 3.33. The van der Waals surface area contributed by atoms with Gasteiger partial charge in [0.2, 0.25) is 0 Å². The maximum absolute atomic E-state index is 11.4. The van der Waals surface area contributed by atoms with E-state index in [0.717, 1.165) is 14.8 Å². The number of esters is 1. The highest BCUT2D eigenvalue weighted by atomic mass is 32.1. The maximum Gasteiger partial charge on any atom is 0.357 e. The first-order valence-corrected chi connectivity index (χ1v) is 6.37. The number of ether oxygens (including phenoxy) is 1. The van der Waals surface area contributed by atoms with E-state index in [-0.39, 0.29) is 5.97 Å². The summed E-state index contributed by atoms with van der Waals surface area (Å²) in [4.78, 5) is 19.0. The lowest BCUT2D eigenvalue weighted by atomic mass is 10.4. The lowest BCUT2D eigenvalue weighted by molar-refractivity contribution is 0.0594. The van der Waals surface area contributed by atoms with Crippen molar-refractivity contribution in [1.29, 1.82) is 0 Å². The quantitative estimate of drug-likeness (QED) is 0.771. The number of rotatable bonds is 2. The van der Waals surface area contributed by atoms with Gasteiger partial charge in [-0.15, -0.1) is 22.7 Å². The molecule has 0 fully saturated rings. The molecule has 3 nitrogen and oxygen atoms in total. The number of nitrogens with zero attached hydrogens (tertiary/aromatic N) is 1. The third kappa shape index (κ3) is 2.01. The minimum atomic E-state index is -0.367. The third-order valence-corrected chi connectivity index (χ3v) is 4.27. The Hall–Kier alpha value is -1.20. The van der Waals surface area contributed by atoms with Crippen LogP contribution in [-0.2, 0) is 4.74 Å². The topological polar surface area (TPSA) is 39.2 Å². The average molecular weight is 253 g/mol. The van der Waals surface area contributed by atoms with Crippen LogP contribution in [0.25, 0.3) is 9.88 Å². The molecule has 2 rings (SSSR count). The van der Waals surface area contributed by atoms with Gasteiger partial charge in [-0.3, -0.25) is 0 Å². The molecular formula is C11H11NO2S2. The van der Waals surface area contributed by atoms with Crippen molar-refractivity contribution in [2.45, 2.75) is 13.8 Å². The van der Waals surface area contributed by atoms with Crippen molar-refractivity contribution in [2.24, 2.45) is 0 Å². The molecule has 0 spiro atoms. The Morgan fingerprint density at radius 1 is 1.31 bits per heavy atom. The Balaban J connectivity index is 2.41. The first-order chi connectivity index (χ1) is 7.61. The van der Waals surface area contributed by atoms with Crippen LogP contribution >= 0.6 is 22.7 Å². The van der Waals surface area contributed by atoms with Crippen molar-refractivity contribution in [2.75, 3.05) is 7.11 Å². The molecule has 2 aromatic heterocycles. The summed E-state index contributed by atoms with van der Waals surface area (Å²) in [5.74, 6) is -0.367. The number of aromatic nitrogens is 1. The van der Waals surface area contributed by atoms with Gasteiger partial charge >= 0.3 is 5.97 Å². The van der Waals surface area contributed by atoms with E-state index in [2.05, 4.69) is 22.7 Å². The summed E-state index contributed by atoms with van der Waals surface area (Å²) in [6, 6.07) is 4.08. The summed E-state index contributed by atoms with van der Waals surface area (Å²) in [6.45, 7) is 3.93. The molecule has 0 amide bonds. The predicted octanol–water partition coefficient (Wildman–Crippen LogP) is 3.28. The molecule has 2 aromatic rings. The number of hydrogen-bond acceptors (Lipinski definition) is 5. The highest BCUT2D eigenvalue weighted by Gasteiger charge is 2.17. The van der Waals surface area contributed by atoms with Gasteiger partial charge in [0.15, 0.2) is 5.69 Å². The fourth-order valence-corrected chi connectivity index (χ4v) is 3.16. The van der Waals surface area contributed by atoms with E-state index in [1.165, 1.54) is 23.3 Å². The summed E-state index contributed by atoms with van der Waals surface area (Å²) < 4.78 is 4.68. The molecular weight excluding hydrogens is 242 g/mol. The van der Waals surface area contributed by atoms with Crippen LogP contribution in [0.3, 0.4) is 0 Å². The van der Waals surface area contributed by atoms with E-state index >= 15 is 0 Å². The van der Waals surface area contributed by atoms with E-state index in [0.29, 0.717) is 5.69 Å². The Bertz CT molecular complexity index is 528. The van der Waals surface area contributed by atoms with E-state index < -0.39 is 0 Å². The van der Waals surface area contributed by atoms with Crippen LogP contribution in [0.1, 0.15) is 20.2 Å². The van der Waals surface area contributed by atoms with Gasteiger partial charge in [-0.2, -0.15) is 0 Å². The van der Waals surface area contributed by atoms with Crippen LogP contribution in [0.5, 0.6) is 0 Å². The number of thiazole rings is 1. The largest absolute Gasteiger partial charge is 0.464 e. The molecule has 5 heteroatoms. The van der Waals surface area contributed by atoms with Crippen LogP contribution in [0.15, 0.2) is 12.1 Å². The molecule has 84 valence electrons. The number of aryl methyl sites for hydroxylation is 2. The molecule has 0 saturated carbocycles. The van der Waals surface area contributed by atoms with Crippen molar-refractivity contribution in [3.63, 3.8) is 0 Å². The maximum atomic E-state index is 11.4. The second-order valence-corrected chi connectivity index (χ2v) is 5.82. The molecule has 0 bridgehead atoms. The first-order valence-electron chi connectivity index (χ1n) is 4.74. The van der Waals surface area contributed by atoms with Crippen LogP contribution in [-0.4, -0.2) is 18.1 Å². The Kier molecular flexibility index (Phi) is 3.07. The summed E-state index contributed by atoms with van der Waals surface area (Å²) >= 11 is 3.20. The molecule has 0 aliphatic carbocycles. The Morgan fingerprint density at radius 3 is 2.62 bits per heavy atom. The minimum absolute atomic E-state index is 0.367. The molecule has 2 heterocycles. The van der Waals surface area contributed by atoms with Gasteiger partial charge in [0.25, 0.3) is 0 Å². The van der Waals surface area contributed by atoms with Gasteiger partial charge in [0.05, 0.1) is 12.0 Å². The standard InChI is InChI=1S/C11H11NO2S2/c1-6-4-5-8(15-6)10-12-9(7(2)16-10)11(13)14-3/h4-5H,1-3H3. The lowest BCUT2D eigenvalue weighted by Crippen LogP contribution is -2.02. The molecule has 0 radical (unpaired) electrons. The van der Waals surface area contributed by atoms with Crippen LogP contribution in [0.2, 0.25) is 0 Å². The molecule has 0 aliphatic rings. The highest BCUT2D eigenvalue weighted by molar-refractivity contribution is 7.21. The number of hydrogen-bond donors (Lipinski definition) is 0. The zero-order valence-electron chi connectivity index (χ0n) is 9.23. The average Bonchev–Trinajstić information content (AvgIpc) is 2.83. The fourth-order valence-electron chi connectivity index (χ4n) is 1.34. The minimum Gasteiger partial charge on any atom is -0.464 e. The van der Waals surface area contributed by atoms with Crippen molar-refractivity contribution in [3.05, 3.63) is 27.6 Å². The fraction of sp³-hybridized carbons (Fsp3) is 0.273. The van der Waals surface area contributed by atoms with Crippen LogP contribution in [0, 0.1) is 13.8 Å². The van der Waals surface area contributed by atoms with Gasteiger partial charge < -0.3 is 4.74 Å². The molecule has 0 N–H and O–H groups in total. The summed E-state index contributed by atoms with van der Waals surface area (Å²) in [5.41, 5.74) is 0.425. The summed E-state index contributed by atoms with van der Waals surface area (Å²) in [6.07, 6.45) is 0. The van der Waals surface area contributed by atoms with E-state index in [1.54, 1.807) is 11.3 Å². The zero-order chi connectivity index (χ0) is 11.7. The van der Waals surface area contributed by atoms with E-state index in [9.17, 15) is 4.79 Å². The van der Waals surface area contributed by atoms with Gasteiger partial charge in [-0.1, -0.05) is 0 Å². The zero-order valence-corrected chi connectivity index (χ0v) is 10.9.